The largest absolute Gasteiger partial charge is 0.173 e. The van der Waals surface area contributed by atoms with Gasteiger partial charge in [0.05, 0.1) is 11.7 Å². The number of benzene rings is 1. The van der Waals surface area contributed by atoms with Crippen molar-refractivity contribution in [1.29, 1.82) is 0 Å². The minimum absolute atomic E-state index is 0.984. The highest BCUT2D eigenvalue weighted by Crippen LogP contribution is 2.09. The van der Waals surface area contributed by atoms with Crippen LogP contribution in [0.2, 0.25) is 0 Å². The van der Waals surface area contributed by atoms with Crippen molar-refractivity contribution in [2.45, 2.75) is 0 Å². The number of hydrogen-bond donors (Lipinski definition) is 0. The van der Waals surface area contributed by atoms with E-state index in [0.29, 0.717) is 0 Å². The van der Waals surface area contributed by atoms with E-state index in [9.17, 15) is 0 Å². The van der Waals surface area contributed by atoms with Crippen molar-refractivity contribution in [3.05, 3.63) is 18.2 Å². The van der Waals surface area contributed by atoms with Gasteiger partial charge in [-0.2, -0.15) is 8.75 Å². The highest BCUT2D eigenvalue weighted by molar-refractivity contribution is 7.28. The molecule has 0 saturated carbocycles. The van der Waals surface area contributed by atoms with Crippen LogP contribution in [0.15, 0.2) is 18.2 Å². The summed E-state index contributed by atoms with van der Waals surface area (Å²) in [6, 6.07) is 5.95. The van der Waals surface area contributed by atoms with E-state index < -0.39 is 0 Å². The second-order valence-corrected chi connectivity index (χ2v) is 3.13. The molecule has 1 aromatic carbocycles. The van der Waals surface area contributed by atoms with Crippen molar-refractivity contribution in [3.63, 3.8) is 0 Å². The predicted octanol–water partition coefficient (Wildman–Crippen LogP) is 1.19. The number of aromatic nitrogens is 2. The smallest absolute Gasteiger partial charge is 0.111 e. The molecule has 0 N–H and O–H groups in total. The molecule has 1 heterocycles. The fourth-order valence-electron chi connectivity index (χ4n) is 0.827. The quantitative estimate of drug-likeness (QED) is 0.552. The van der Waals surface area contributed by atoms with Gasteiger partial charge in [0.15, 0.2) is 0 Å². The molecule has 0 fully saturated rings. The van der Waals surface area contributed by atoms with Crippen LogP contribution in [0.25, 0.3) is 11.0 Å². The Labute approximate surface area is 64.8 Å². The maximum absolute atomic E-state index is 4.13. The third-order valence-electron chi connectivity index (χ3n) is 1.32. The van der Waals surface area contributed by atoms with Crippen molar-refractivity contribution in [3.8, 4) is 0 Å². The molecule has 10 heavy (non-hydrogen) atoms. The van der Waals surface area contributed by atoms with Crippen LogP contribution in [0.4, 0.5) is 0 Å². The fraction of sp³-hybridized carbons (Fsp3) is 0. The lowest BCUT2D eigenvalue weighted by atomic mass is 10.3. The highest BCUT2D eigenvalue weighted by atomic mass is 32.1. The van der Waals surface area contributed by atoms with E-state index >= 15 is 0 Å². The van der Waals surface area contributed by atoms with Crippen LogP contribution < -0.4 is 5.30 Å². The van der Waals surface area contributed by atoms with Gasteiger partial charge in [-0.15, -0.1) is 9.24 Å². The molecular formula is C6H5N2PS. The first-order valence-corrected chi connectivity index (χ1v) is 4.15. The standard InChI is InChI=1S/C6H5N2PS/c9-5-3-1-2-4-6(5)8-10-7-4/h1-3H,9H2. The minimum Gasteiger partial charge on any atom is -0.173 e. The maximum Gasteiger partial charge on any atom is 0.111 e. The second-order valence-electron chi connectivity index (χ2n) is 1.98. The lowest BCUT2D eigenvalue weighted by molar-refractivity contribution is 1.67. The Balaban J connectivity index is 2.95. The normalized spacial score (nSPS) is 10.5. The van der Waals surface area contributed by atoms with Gasteiger partial charge in [0.1, 0.15) is 11.0 Å². The van der Waals surface area contributed by atoms with E-state index in [-0.39, 0.29) is 0 Å². The van der Waals surface area contributed by atoms with E-state index in [1.165, 1.54) is 11.7 Å². The average Bonchev–Trinajstić information content (AvgIpc) is 2.36. The van der Waals surface area contributed by atoms with Gasteiger partial charge in [-0.25, -0.2) is 0 Å². The van der Waals surface area contributed by atoms with Gasteiger partial charge in [0.2, 0.25) is 0 Å². The molecule has 0 aliphatic carbocycles. The molecule has 1 aromatic heterocycles. The molecule has 0 radical (unpaired) electrons. The summed E-state index contributed by atoms with van der Waals surface area (Å²) in [6.07, 6.45) is 0. The maximum atomic E-state index is 4.13. The van der Waals surface area contributed by atoms with Crippen LogP contribution in [0, 0.1) is 0 Å². The Hall–Kier alpha value is -0.530. The van der Waals surface area contributed by atoms with E-state index in [1.807, 2.05) is 18.2 Å². The zero-order chi connectivity index (χ0) is 6.97. The molecule has 2 rings (SSSR count). The summed E-state index contributed by atoms with van der Waals surface area (Å²) in [5.41, 5.74) is 1.98. The molecule has 2 aromatic rings. The van der Waals surface area contributed by atoms with Gasteiger partial charge in [0, 0.05) is 0 Å². The predicted molar refractivity (Wildman–Crippen MR) is 46.8 cm³/mol. The first-order chi connectivity index (χ1) is 4.88. The summed E-state index contributed by atoms with van der Waals surface area (Å²) in [6.45, 7) is 0. The summed E-state index contributed by atoms with van der Waals surface area (Å²) in [5, 5.41) is 1.12. The van der Waals surface area contributed by atoms with Crippen LogP contribution in [-0.2, 0) is 0 Å². The summed E-state index contributed by atoms with van der Waals surface area (Å²) in [4.78, 5) is 0. The zero-order valence-corrected chi connectivity index (χ0v) is 7.08. The number of nitrogens with zero attached hydrogens (tertiary/aromatic N) is 2. The average molecular weight is 168 g/mol. The SMILES string of the molecule is Pc1cccc2nsnc12. The van der Waals surface area contributed by atoms with Crippen molar-refractivity contribution >= 4 is 37.3 Å². The first kappa shape index (κ1) is 6.20. The monoisotopic (exact) mass is 168 g/mol. The first-order valence-electron chi connectivity index (χ1n) is 2.85. The molecule has 0 bridgehead atoms. The molecular weight excluding hydrogens is 163 g/mol. The van der Waals surface area contributed by atoms with Gasteiger partial charge in [-0.3, -0.25) is 0 Å². The van der Waals surface area contributed by atoms with E-state index in [1.54, 1.807) is 0 Å². The molecule has 4 heteroatoms. The second kappa shape index (κ2) is 2.26. The summed E-state index contributed by atoms with van der Waals surface area (Å²) in [7, 11) is 2.64. The van der Waals surface area contributed by atoms with E-state index in [0.717, 1.165) is 16.3 Å². The summed E-state index contributed by atoms with van der Waals surface area (Å²) >= 11 is 1.25. The molecule has 0 amide bonds. The lowest BCUT2D eigenvalue weighted by Crippen LogP contribution is -1.89. The van der Waals surface area contributed by atoms with E-state index in [2.05, 4.69) is 18.0 Å². The van der Waals surface area contributed by atoms with Crippen molar-refractivity contribution < 1.29 is 0 Å². The van der Waals surface area contributed by atoms with Crippen LogP contribution >= 0.6 is 21.0 Å². The molecule has 0 spiro atoms. The van der Waals surface area contributed by atoms with Crippen LogP contribution in [-0.4, -0.2) is 8.75 Å². The molecule has 1 atom stereocenters. The van der Waals surface area contributed by atoms with Gasteiger partial charge in [-0.05, 0) is 11.4 Å². The van der Waals surface area contributed by atoms with Crippen molar-refractivity contribution in [2.75, 3.05) is 0 Å². The van der Waals surface area contributed by atoms with Gasteiger partial charge >= 0.3 is 0 Å². The Bertz CT molecular complexity index is 357. The third kappa shape index (κ3) is 0.825. The topological polar surface area (TPSA) is 25.8 Å². The molecule has 0 saturated heterocycles. The Morgan fingerprint density at radius 2 is 2.20 bits per heavy atom. The van der Waals surface area contributed by atoms with Crippen molar-refractivity contribution in [1.82, 2.24) is 8.75 Å². The van der Waals surface area contributed by atoms with Crippen LogP contribution in [0.1, 0.15) is 0 Å². The number of rotatable bonds is 0. The van der Waals surface area contributed by atoms with Crippen molar-refractivity contribution in [2.24, 2.45) is 0 Å². The van der Waals surface area contributed by atoms with Gasteiger partial charge < -0.3 is 0 Å². The van der Waals surface area contributed by atoms with Crippen LogP contribution in [0.5, 0.6) is 0 Å². The molecule has 0 aliphatic heterocycles. The lowest BCUT2D eigenvalue weighted by Gasteiger charge is -1.88. The molecule has 2 nitrogen and oxygen atoms in total. The Morgan fingerprint density at radius 3 is 3.00 bits per heavy atom. The number of fused-ring (bicyclic) bond motifs is 1. The zero-order valence-electron chi connectivity index (χ0n) is 5.11. The Kier molecular flexibility index (Phi) is 1.40. The van der Waals surface area contributed by atoms with Gasteiger partial charge in [-0.1, -0.05) is 12.1 Å². The Morgan fingerprint density at radius 1 is 1.30 bits per heavy atom. The molecule has 50 valence electrons. The fourth-order valence-corrected chi connectivity index (χ4v) is 1.80. The third-order valence-corrected chi connectivity index (χ3v) is 2.33. The number of hydrogen-bond acceptors (Lipinski definition) is 3. The van der Waals surface area contributed by atoms with E-state index in [4.69, 9.17) is 0 Å². The summed E-state index contributed by atoms with van der Waals surface area (Å²) in [5.74, 6) is 0. The summed E-state index contributed by atoms with van der Waals surface area (Å²) < 4.78 is 8.22. The van der Waals surface area contributed by atoms with Gasteiger partial charge in [0.25, 0.3) is 0 Å². The minimum atomic E-state index is 0.984. The highest BCUT2D eigenvalue weighted by Gasteiger charge is 1.98. The molecule has 1 unspecified atom stereocenters. The van der Waals surface area contributed by atoms with Crippen LogP contribution in [0.3, 0.4) is 0 Å². The molecule has 0 aliphatic rings.